The van der Waals surface area contributed by atoms with Crippen LogP contribution in [0.1, 0.15) is 30.4 Å². The second-order valence-corrected chi connectivity index (χ2v) is 7.07. The van der Waals surface area contributed by atoms with E-state index >= 15 is 0 Å². The molecule has 4 rings (SSSR count). The minimum atomic E-state index is -0.679. The molecule has 120 valence electrons. The number of ether oxygens (including phenoxy) is 1. The van der Waals surface area contributed by atoms with Gasteiger partial charge in [-0.25, -0.2) is 0 Å². The number of hydrogen-bond donors (Lipinski definition) is 0. The first-order chi connectivity index (χ1) is 11.2. The van der Waals surface area contributed by atoms with Gasteiger partial charge in [-0.15, -0.1) is 0 Å². The first-order valence-electron chi connectivity index (χ1n) is 8.14. The second kappa shape index (κ2) is 6.10. The molecule has 0 amide bonds. The van der Waals surface area contributed by atoms with Crippen molar-refractivity contribution < 1.29 is 4.74 Å². The van der Waals surface area contributed by atoms with Gasteiger partial charge in [0.15, 0.2) is 5.72 Å². The van der Waals surface area contributed by atoms with Crippen molar-refractivity contribution in [2.45, 2.75) is 31.0 Å². The van der Waals surface area contributed by atoms with Crippen LogP contribution in [0.25, 0.3) is 0 Å². The highest BCUT2D eigenvalue weighted by molar-refractivity contribution is 6.32. The van der Waals surface area contributed by atoms with Crippen LogP contribution in [0, 0.1) is 0 Å². The first-order valence-corrected chi connectivity index (χ1v) is 8.90. The lowest BCUT2D eigenvalue weighted by molar-refractivity contribution is -0.0602. The number of benzene rings is 2. The summed E-state index contributed by atoms with van der Waals surface area (Å²) in [4.78, 5) is 2.46. The quantitative estimate of drug-likeness (QED) is 0.750. The van der Waals surface area contributed by atoms with Gasteiger partial charge in [-0.2, -0.15) is 0 Å². The van der Waals surface area contributed by atoms with E-state index in [4.69, 9.17) is 27.9 Å². The molecule has 0 aliphatic carbocycles. The fraction of sp³-hybridized carbons (Fsp3) is 0.368. The number of nitrogens with zero attached hydrogens (tertiary/aromatic N) is 1. The monoisotopic (exact) mass is 347 g/mol. The first kappa shape index (κ1) is 15.5. The molecule has 2 aliphatic heterocycles. The Morgan fingerprint density at radius 1 is 0.913 bits per heavy atom. The molecule has 0 saturated carbocycles. The molecule has 2 heterocycles. The summed E-state index contributed by atoms with van der Waals surface area (Å²) in [6.07, 6.45) is 3.60. The molecule has 2 nitrogen and oxygen atoms in total. The molecule has 0 aromatic heterocycles. The molecule has 0 radical (unpaired) electrons. The Hall–Kier alpha value is -1.06. The van der Waals surface area contributed by atoms with E-state index in [9.17, 15) is 0 Å². The van der Waals surface area contributed by atoms with Gasteiger partial charge >= 0.3 is 0 Å². The van der Waals surface area contributed by atoms with Crippen LogP contribution < -0.4 is 0 Å². The highest BCUT2D eigenvalue weighted by atomic mass is 35.5. The largest absolute Gasteiger partial charge is 0.350 e. The van der Waals surface area contributed by atoms with Crippen molar-refractivity contribution in [3.05, 3.63) is 69.7 Å². The smallest absolute Gasteiger partial charge is 0.177 e. The molecule has 2 aromatic carbocycles. The Labute approximate surface area is 147 Å². The lowest BCUT2D eigenvalue weighted by Gasteiger charge is -2.42. The summed E-state index contributed by atoms with van der Waals surface area (Å²) in [5, 5.41) is 1.44. The van der Waals surface area contributed by atoms with Gasteiger partial charge in [0.25, 0.3) is 0 Å². The number of fused-ring (bicyclic) bond motifs is 1. The van der Waals surface area contributed by atoms with Gasteiger partial charge in [0, 0.05) is 33.8 Å². The Morgan fingerprint density at radius 2 is 1.52 bits per heavy atom. The van der Waals surface area contributed by atoms with E-state index in [-0.39, 0.29) is 0 Å². The molecular weight excluding hydrogens is 329 g/mol. The van der Waals surface area contributed by atoms with Crippen LogP contribution >= 0.6 is 23.2 Å². The highest BCUT2D eigenvalue weighted by Crippen LogP contribution is 2.49. The third-order valence-electron chi connectivity index (χ3n) is 4.99. The van der Waals surface area contributed by atoms with Crippen LogP contribution in [0.4, 0.5) is 0 Å². The molecule has 0 N–H and O–H groups in total. The van der Waals surface area contributed by atoms with E-state index in [1.807, 2.05) is 36.4 Å². The standard InChI is InChI=1S/C19H19Cl2NO/c20-17-10-3-1-8-15(17)19(16-9-2-4-11-18(16)21)22-12-6-5-7-14(22)13-23-19/h1-4,8-11,14H,5-7,12-13H2. The van der Waals surface area contributed by atoms with E-state index < -0.39 is 5.72 Å². The maximum Gasteiger partial charge on any atom is 0.177 e. The molecule has 0 spiro atoms. The van der Waals surface area contributed by atoms with E-state index in [0.29, 0.717) is 6.04 Å². The molecule has 4 heteroatoms. The third kappa shape index (κ3) is 2.40. The van der Waals surface area contributed by atoms with Crippen LogP contribution in [0.3, 0.4) is 0 Å². The molecule has 1 atom stereocenters. The van der Waals surface area contributed by atoms with Gasteiger partial charge in [-0.1, -0.05) is 66.0 Å². The van der Waals surface area contributed by atoms with E-state index in [0.717, 1.165) is 40.7 Å². The molecule has 0 bridgehead atoms. The van der Waals surface area contributed by atoms with Crippen molar-refractivity contribution in [3.8, 4) is 0 Å². The molecule has 2 aliphatic rings. The second-order valence-electron chi connectivity index (χ2n) is 6.26. The third-order valence-corrected chi connectivity index (χ3v) is 5.65. The van der Waals surface area contributed by atoms with Crippen molar-refractivity contribution >= 4 is 23.2 Å². The molecule has 1 unspecified atom stereocenters. The lowest BCUT2D eigenvalue weighted by Crippen LogP contribution is -2.49. The summed E-state index contributed by atoms with van der Waals surface area (Å²) in [5.74, 6) is 0. The number of halogens is 2. The average Bonchev–Trinajstić information content (AvgIpc) is 2.96. The van der Waals surface area contributed by atoms with E-state index in [1.54, 1.807) is 0 Å². The molecule has 2 saturated heterocycles. The van der Waals surface area contributed by atoms with Gasteiger partial charge in [0.05, 0.1) is 6.61 Å². The van der Waals surface area contributed by atoms with Gasteiger partial charge in [0.1, 0.15) is 0 Å². The zero-order valence-electron chi connectivity index (χ0n) is 12.8. The zero-order valence-corrected chi connectivity index (χ0v) is 14.4. The van der Waals surface area contributed by atoms with Gasteiger partial charge < -0.3 is 4.74 Å². The summed E-state index contributed by atoms with van der Waals surface area (Å²) in [7, 11) is 0. The average molecular weight is 348 g/mol. The number of hydrogen-bond acceptors (Lipinski definition) is 2. The van der Waals surface area contributed by atoms with Crippen molar-refractivity contribution in [2.24, 2.45) is 0 Å². The normalized spacial score (nSPS) is 23.7. The lowest BCUT2D eigenvalue weighted by atomic mass is 9.90. The number of rotatable bonds is 2. The van der Waals surface area contributed by atoms with Gasteiger partial charge in [-0.05, 0) is 25.0 Å². The summed E-state index contributed by atoms with van der Waals surface area (Å²) in [6.45, 7) is 1.72. The van der Waals surface area contributed by atoms with Crippen LogP contribution in [0.5, 0.6) is 0 Å². The van der Waals surface area contributed by atoms with Crippen LogP contribution in [0.2, 0.25) is 10.0 Å². The van der Waals surface area contributed by atoms with Crippen molar-refractivity contribution in [2.75, 3.05) is 13.2 Å². The van der Waals surface area contributed by atoms with Gasteiger partial charge in [-0.3, -0.25) is 4.90 Å². The van der Waals surface area contributed by atoms with Gasteiger partial charge in [0.2, 0.25) is 0 Å². The predicted molar refractivity (Wildman–Crippen MR) is 94.0 cm³/mol. The van der Waals surface area contributed by atoms with E-state index in [1.165, 1.54) is 12.8 Å². The summed E-state index contributed by atoms with van der Waals surface area (Å²) >= 11 is 13.2. The molecule has 2 fully saturated rings. The van der Waals surface area contributed by atoms with Crippen LogP contribution in [-0.2, 0) is 10.5 Å². The molecular formula is C19H19Cl2NO. The topological polar surface area (TPSA) is 12.5 Å². The number of piperidine rings is 1. The van der Waals surface area contributed by atoms with E-state index in [2.05, 4.69) is 17.0 Å². The minimum absolute atomic E-state index is 0.427. The van der Waals surface area contributed by atoms with Crippen LogP contribution in [0.15, 0.2) is 48.5 Å². The molecule has 2 aromatic rings. The summed E-state index contributed by atoms with van der Waals surface area (Å²) < 4.78 is 6.48. The Morgan fingerprint density at radius 3 is 2.13 bits per heavy atom. The fourth-order valence-corrected chi connectivity index (χ4v) is 4.50. The van der Waals surface area contributed by atoms with Crippen LogP contribution in [-0.4, -0.2) is 24.1 Å². The predicted octanol–water partition coefficient (Wildman–Crippen LogP) is 5.08. The minimum Gasteiger partial charge on any atom is -0.350 e. The zero-order chi connectivity index (χ0) is 15.9. The fourth-order valence-electron chi connectivity index (χ4n) is 3.97. The maximum absolute atomic E-state index is 6.58. The SMILES string of the molecule is Clc1ccccc1C1(c2ccccc2Cl)OCC2CCCCN21. The van der Waals surface area contributed by atoms with Crippen molar-refractivity contribution in [3.63, 3.8) is 0 Å². The van der Waals surface area contributed by atoms with Crippen molar-refractivity contribution in [1.29, 1.82) is 0 Å². The summed E-state index contributed by atoms with van der Waals surface area (Å²) in [6, 6.07) is 16.3. The maximum atomic E-state index is 6.58. The summed E-state index contributed by atoms with van der Waals surface area (Å²) in [5.41, 5.74) is 1.29. The Balaban J connectivity index is 1.95. The van der Waals surface area contributed by atoms with Crippen molar-refractivity contribution in [1.82, 2.24) is 4.90 Å². The Kier molecular flexibility index (Phi) is 4.10. The highest BCUT2D eigenvalue weighted by Gasteiger charge is 2.52. The molecule has 23 heavy (non-hydrogen) atoms. The Bertz CT molecular complexity index is 673.